The van der Waals surface area contributed by atoms with Gasteiger partial charge in [0.2, 0.25) is 5.91 Å². The van der Waals surface area contributed by atoms with Crippen LogP contribution in [0.15, 0.2) is 52.0 Å². The Labute approximate surface area is 148 Å². The van der Waals surface area contributed by atoms with E-state index in [0.717, 1.165) is 21.5 Å². The molecule has 0 saturated carbocycles. The Bertz CT molecular complexity index is 802. The zero-order valence-corrected chi connectivity index (χ0v) is 14.9. The number of carbonyl (C=O) groups is 1. The molecule has 124 valence electrons. The van der Waals surface area contributed by atoms with Crippen molar-refractivity contribution in [3.8, 4) is 11.5 Å². The van der Waals surface area contributed by atoms with Crippen LogP contribution in [0.1, 0.15) is 30.5 Å². The number of hydrogen-bond acceptors (Lipinski definition) is 4. The van der Waals surface area contributed by atoms with Gasteiger partial charge in [-0.15, -0.1) is 0 Å². The second kappa shape index (κ2) is 6.65. The summed E-state index contributed by atoms with van der Waals surface area (Å²) in [6.45, 7) is 1.47. The van der Waals surface area contributed by atoms with Gasteiger partial charge in [-0.1, -0.05) is 15.9 Å². The molecule has 1 aliphatic heterocycles. The maximum Gasteiger partial charge on any atom is 0.240 e. The average molecular weight is 389 g/mol. The lowest BCUT2D eigenvalue weighted by Crippen LogP contribution is -2.24. The quantitative estimate of drug-likeness (QED) is 0.867. The van der Waals surface area contributed by atoms with Gasteiger partial charge in [0.15, 0.2) is 0 Å². The lowest BCUT2D eigenvalue weighted by molar-refractivity contribution is -0.130. The molecule has 1 heterocycles. The monoisotopic (exact) mass is 388 g/mol. The highest BCUT2D eigenvalue weighted by atomic mass is 79.9. The van der Waals surface area contributed by atoms with E-state index in [0.29, 0.717) is 12.0 Å². The van der Waals surface area contributed by atoms with Gasteiger partial charge in [-0.2, -0.15) is 5.10 Å². The van der Waals surface area contributed by atoms with E-state index in [-0.39, 0.29) is 17.7 Å². The highest BCUT2D eigenvalue weighted by Gasteiger charge is 2.33. The van der Waals surface area contributed by atoms with Crippen molar-refractivity contribution in [3.05, 3.63) is 58.1 Å². The Balaban J connectivity index is 1.96. The number of hydrazone groups is 1. The summed E-state index contributed by atoms with van der Waals surface area (Å²) in [6.07, 6.45) is 0.538. The maximum atomic E-state index is 12.0. The second-order valence-electron chi connectivity index (χ2n) is 5.56. The van der Waals surface area contributed by atoms with Crippen LogP contribution in [0, 0.1) is 0 Å². The lowest BCUT2D eigenvalue weighted by Gasteiger charge is -2.21. The van der Waals surface area contributed by atoms with Crippen molar-refractivity contribution in [2.24, 2.45) is 5.10 Å². The van der Waals surface area contributed by atoms with Gasteiger partial charge in [-0.3, -0.25) is 4.79 Å². The molecule has 1 N–H and O–H groups in total. The van der Waals surface area contributed by atoms with Crippen molar-refractivity contribution in [3.63, 3.8) is 0 Å². The number of aromatic hydroxyl groups is 1. The van der Waals surface area contributed by atoms with E-state index in [1.165, 1.54) is 11.9 Å². The van der Waals surface area contributed by atoms with Crippen molar-refractivity contribution in [1.82, 2.24) is 5.01 Å². The van der Waals surface area contributed by atoms with E-state index in [1.54, 1.807) is 19.2 Å². The SMILES string of the molecule is COc1ccc(C2=NN(C(C)=O)[C@H](c3cc(Br)ccc3O)C2)cc1. The third kappa shape index (κ3) is 3.14. The molecule has 2 aromatic rings. The molecule has 2 aromatic carbocycles. The molecular weight excluding hydrogens is 372 g/mol. The number of amides is 1. The Morgan fingerprint density at radius 1 is 1.29 bits per heavy atom. The number of hydrogen-bond donors (Lipinski definition) is 1. The molecule has 24 heavy (non-hydrogen) atoms. The van der Waals surface area contributed by atoms with Crippen molar-refractivity contribution < 1.29 is 14.6 Å². The first-order chi connectivity index (χ1) is 11.5. The molecule has 3 rings (SSSR count). The topological polar surface area (TPSA) is 62.1 Å². The van der Waals surface area contributed by atoms with Crippen molar-refractivity contribution >= 4 is 27.5 Å². The van der Waals surface area contributed by atoms with E-state index < -0.39 is 0 Å². The second-order valence-corrected chi connectivity index (χ2v) is 6.48. The Morgan fingerprint density at radius 3 is 2.62 bits per heavy atom. The standard InChI is InChI=1S/C18H17BrN2O3/c1-11(22)21-17(15-9-13(19)5-8-18(15)23)10-16(20-21)12-3-6-14(24-2)7-4-12/h3-9,17,23H,10H2,1-2H3/t17-/m0/s1. The normalized spacial score (nSPS) is 16.9. The predicted octanol–water partition coefficient (Wildman–Crippen LogP) is 3.86. The van der Waals surface area contributed by atoms with Gasteiger partial charge in [0, 0.05) is 23.4 Å². The van der Waals surface area contributed by atoms with E-state index in [4.69, 9.17) is 4.74 Å². The first kappa shape index (κ1) is 16.5. The number of phenols is 1. The molecular formula is C18H17BrN2O3. The van der Waals surface area contributed by atoms with Crippen LogP contribution in [0.25, 0.3) is 0 Å². The summed E-state index contributed by atoms with van der Waals surface area (Å²) in [5, 5.41) is 16.1. The van der Waals surface area contributed by atoms with E-state index in [1.807, 2.05) is 30.3 Å². The molecule has 0 fully saturated rings. The van der Waals surface area contributed by atoms with Crippen LogP contribution in [0.5, 0.6) is 11.5 Å². The van der Waals surface area contributed by atoms with Gasteiger partial charge >= 0.3 is 0 Å². The third-order valence-electron chi connectivity index (χ3n) is 4.00. The number of benzene rings is 2. The van der Waals surface area contributed by atoms with Crippen LogP contribution in [0.2, 0.25) is 0 Å². The van der Waals surface area contributed by atoms with Crippen LogP contribution in [0.3, 0.4) is 0 Å². The Morgan fingerprint density at radius 2 is 2.00 bits per heavy atom. The smallest absolute Gasteiger partial charge is 0.240 e. The number of carbonyl (C=O) groups excluding carboxylic acids is 1. The number of methoxy groups -OCH3 is 1. The molecule has 6 heteroatoms. The van der Waals surface area contributed by atoms with Crippen LogP contribution in [0.4, 0.5) is 0 Å². The summed E-state index contributed by atoms with van der Waals surface area (Å²) in [5.41, 5.74) is 2.41. The molecule has 0 saturated heterocycles. The van der Waals surface area contributed by atoms with E-state index >= 15 is 0 Å². The zero-order chi connectivity index (χ0) is 17.3. The van der Waals surface area contributed by atoms with Crippen LogP contribution in [-0.4, -0.2) is 28.8 Å². The molecule has 5 nitrogen and oxygen atoms in total. The molecule has 0 unspecified atom stereocenters. The molecule has 0 aliphatic carbocycles. The summed E-state index contributed by atoms with van der Waals surface area (Å²) in [5.74, 6) is 0.755. The number of ether oxygens (including phenoxy) is 1. The van der Waals surface area contributed by atoms with Gasteiger partial charge in [0.1, 0.15) is 11.5 Å². The number of halogens is 1. The van der Waals surface area contributed by atoms with Gasteiger partial charge in [0.25, 0.3) is 0 Å². The van der Waals surface area contributed by atoms with Crippen molar-refractivity contribution in [2.45, 2.75) is 19.4 Å². The summed E-state index contributed by atoms with van der Waals surface area (Å²) in [7, 11) is 1.62. The van der Waals surface area contributed by atoms with Crippen molar-refractivity contribution in [1.29, 1.82) is 0 Å². The molecule has 0 spiro atoms. The zero-order valence-electron chi connectivity index (χ0n) is 13.4. The first-order valence-electron chi connectivity index (χ1n) is 7.49. The molecule has 0 radical (unpaired) electrons. The highest BCUT2D eigenvalue weighted by Crippen LogP contribution is 2.38. The fourth-order valence-corrected chi connectivity index (χ4v) is 3.17. The van der Waals surface area contributed by atoms with Gasteiger partial charge < -0.3 is 9.84 Å². The summed E-state index contributed by atoms with van der Waals surface area (Å²) < 4.78 is 6.01. The molecule has 0 bridgehead atoms. The molecule has 1 atom stereocenters. The fourth-order valence-electron chi connectivity index (χ4n) is 2.79. The third-order valence-corrected chi connectivity index (χ3v) is 4.50. The lowest BCUT2D eigenvalue weighted by atomic mass is 9.97. The Hall–Kier alpha value is -2.34. The minimum atomic E-state index is -0.322. The van der Waals surface area contributed by atoms with E-state index in [2.05, 4.69) is 21.0 Å². The van der Waals surface area contributed by atoms with Crippen LogP contribution >= 0.6 is 15.9 Å². The molecule has 0 aromatic heterocycles. The fraction of sp³-hybridized carbons (Fsp3) is 0.222. The number of rotatable bonds is 3. The minimum Gasteiger partial charge on any atom is -0.508 e. The first-order valence-corrected chi connectivity index (χ1v) is 8.29. The number of phenolic OH excluding ortho intramolecular Hbond substituents is 1. The highest BCUT2D eigenvalue weighted by molar-refractivity contribution is 9.10. The van der Waals surface area contributed by atoms with Gasteiger partial charge in [0.05, 0.1) is 18.9 Å². The van der Waals surface area contributed by atoms with Gasteiger partial charge in [-0.25, -0.2) is 5.01 Å². The molecule has 1 amide bonds. The maximum absolute atomic E-state index is 12.0. The van der Waals surface area contributed by atoms with Crippen LogP contribution in [-0.2, 0) is 4.79 Å². The average Bonchev–Trinajstić information content (AvgIpc) is 3.02. The number of nitrogens with zero attached hydrogens (tertiary/aromatic N) is 2. The summed E-state index contributed by atoms with van der Waals surface area (Å²) in [4.78, 5) is 12.0. The Kier molecular flexibility index (Phi) is 4.57. The van der Waals surface area contributed by atoms with Gasteiger partial charge in [-0.05, 0) is 48.0 Å². The summed E-state index contributed by atoms with van der Waals surface area (Å²) in [6, 6.07) is 12.4. The van der Waals surface area contributed by atoms with Crippen molar-refractivity contribution in [2.75, 3.05) is 7.11 Å². The largest absolute Gasteiger partial charge is 0.508 e. The predicted molar refractivity (Wildman–Crippen MR) is 95.2 cm³/mol. The van der Waals surface area contributed by atoms with E-state index in [9.17, 15) is 9.90 Å². The minimum absolute atomic E-state index is 0.153. The van der Waals surface area contributed by atoms with Crippen LogP contribution < -0.4 is 4.74 Å². The summed E-state index contributed by atoms with van der Waals surface area (Å²) >= 11 is 3.41. The molecule has 1 aliphatic rings.